The molecule has 2 N–H and O–H groups in total. The van der Waals surface area contributed by atoms with Crippen molar-refractivity contribution < 1.29 is 9.84 Å². The highest BCUT2D eigenvalue weighted by atomic mass is 16.5. The summed E-state index contributed by atoms with van der Waals surface area (Å²) in [7, 11) is 1.66. The summed E-state index contributed by atoms with van der Waals surface area (Å²) in [6.45, 7) is 3.68. The van der Waals surface area contributed by atoms with Gasteiger partial charge in [0.25, 0.3) is 0 Å². The van der Waals surface area contributed by atoms with Crippen molar-refractivity contribution in [1.82, 2.24) is 5.32 Å². The number of rotatable bonds is 1. The Morgan fingerprint density at radius 2 is 2.13 bits per heavy atom. The topological polar surface area (TPSA) is 41.5 Å². The van der Waals surface area contributed by atoms with Gasteiger partial charge in [0.15, 0.2) is 0 Å². The zero-order valence-electron chi connectivity index (χ0n) is 9.16. The second kappa shape index (κ2) is 4.21. The zero-order chi connectivity index (χ0) is 10.8. The van der Waals surface area contributed by atoms with E-state index in [1.54, 1.807) is 7.11 Å². The van der Waals surface area contributed by atoms with Crippen molar-refractivity contribution in [3.05, 3.63) is 29.3 Å². The molecule has 1 heterocycles. The molecule has 0 aromatic heterocycles. The van der Waals surface area contributed by atoms with Gasteiger partial charge in [0.2, 0.25) is 0 Å². The molecule has 2 unspecified atom stereocenters. The standard InChI is InChI=1S/C12H17NO2/c1-8-6-13-7-12(14)10-4-3-9(15-2)5-11(8)10/h3-5,8,12-14H,6-7H2,1-2H3. The van der Waals surface area contributed by atoms with Gasteiger partial charge in [-0.05, 0) is 29.2 Å². The number of fused-ring (bicyclic) bond motifs is 1. The summed E-state index contributed by atoms with van der Waals surface area (Å²) in [6, 6.07) is 5.89. The predicted octanol–water partition coefficient (Wildman–Crippen LogP) is 1.44. The van der Waals surface area contributed by atoms with Gasteiger partial charge in [-0.2, -0.15) is 0 Å². The van der Waals surface area contributed by atoms with E-state index >= 15 is 0 Å². The number of nitrogens with one attached hydrogen (secondary N) is 1. The van der Waals surface area contributed by atoms with Gasteiger partial charge in [-0.1, -0.05) is 13.0 Å². The molecular formula is C12H17NO2. The molecule has 3 nitrogen and oxygen atoms in total. The molecule has 82 valence electrons. The van der Waals surface area contributed by atoms with E-state index in [2.05, 4.69) is 12.2 Å². The summed E-state index contributed by atoms with van der Waals surface area (Å²) in [4.78, 5) is 0. The lowest BCUT2D eigenvalue weighted by Gasteiger charge is -2.15. The first-order valence-corrected chi connectivity index (χ1v) is 5.29. The molecular weight excluding hydrogens is 190 g/mol. The minimum absolute atomic E-state index is 0.407. The first kappa shape index (κ1) is 10.5. The van der Waals surface area contributed by atoms with Gasteiger partial charge in [-0.25, -0.2) is 0 Å². The Hall–Kier alpha value is -1.06. The Bertz CT molecular complexity index is 351. The lowest BCUT2D eigenvalue weighted by atomic mass is 9.94. The van der Waals surface area contributed by atoms with Gasteiger partial charge in [-0.3, -0.25) is 0 Å². The van der Waals surface area contributed by atoms with E-state index in [4.69, 9.17) is 4.74 Å². The third-order valence-electron chi connectivity index (χ3n) is 2.97. The SMILES string of the molecule is COc1ccc2c(c1)C(C)CNCC2O. The van der Waals surface area contributed by atoms with Gasteiger partial charge in [0.1, 0.15) is 5.75 Å². The zero-order valence-corrected chi connectivity index (χ0v) is 9.16. The van der Waals surface area contributed by atoms with Crippen molar-refractivity contribution in [3.8, 4) is 5.75 Å². The third-order valence-corrected chi connectivity index (χ3v) is 2.97. The van der Waals surface area contributed by atoms with Crippen LogP contribution in [0.5, 0.6) is 5.75 Å². The van der Waals surface area contributed by atoms with Crippen LogP contribution in [-0.4, -0.2) is 25.3 Å². The van der Waals surface area contributed by atoms with Gasteiger partial charge in [0, 0.05) is 13.1 Å². The molecule has 2 atom stereocenters. The molecule has 0 saturated heterocycles. The Labute approximate surface area is 90.1 Å². The second-order valence-electron chi connectivity index (χ2n) is 4.07. The van der Waals surface area contributed by atoms with Crippen molar-refractivity contribution in [3.63, 3.8) is 0 Å². The van der Waals surface area contributed by atoms with Crippen molar-refractivity contribution in [1.29, 1.82) is 0 Å². The molecule has 0 fully saturated rings. The fraction of sp³-hybridized carbons (Fsp3) is 0.500. The maximum Gasteiger partial charge on any atom is 0.119 e. The Morgan fingerprint density at radius 3 is 2.87 bits per heavy atom. The van der Waals surface area contributed by atoms with Crippen LogP contribution in [0.25, 0.3) is 0 Å². The van der Waals surface area contributed by atoms with Crippen molar-refractivity contribution in [2.75, 3.05) is 20.2 Å². The highest BCUT2D eigenvalue weighted by Gasteiger charge is 2.20. The predicted molar refractivity (Wildman–Crippen MR) is 59.2 cm³/mol. The fourth-order valence-electron chi connectivity index (χ4n) is 2.07. The minimum atomic E-state index is -0.407. The van der Waals surface area contributed by atoms with E-state index < -0.39 is 6.10 Å². The number of benzene rings is 1. The van der Waals surface area contributed by atoms with E-state index in [0.29, 0.717) is 12.5 Å². The van der Waals surface area contributed by atoms with Gasteiger partial charge < -0.3 is 15.2 Å². The van der Waals surface area contributed by atoms with Gasteiger partial charge >= 0.3 is 0 Å². The molecule has 1 aromatic carbocycles. The molecule has 0 radical (unpaired) electrons. The Balaban J connectivity index is 2.45. The van der Waals surface area contributed by atoms with Crippen LogP contribution in [0.1, 0.15) is 30.1 Å². The van der Waals surface area contributed by atoms with Crippen LogP contribution in [0.2, 0.25) is 0 Å². The van der Waals surface area contributed by atoms with Crippen molar-refractivity contribution in [2.24, 2.45) is 0 Å². The molecule has 0 bridgehead atoms. The summed E-state index contributed by atoms with van der Waals surface area (Å²) < 4.78 is 5.20. The summed E-state index contributed by atoms with van der Waals surface area (Å²) in [6.07, 6.45) is -0.407. The molecule has 1 aromatic rings. The highest BCUT2D eigenvalue weighted by Crippen LogP contribution is 2.30. The molecule has 2 rings (SSSR count). The first-order chi connectivity index (χ1) is 7.22. The van der Waals surface area contributed by atoms with Crippen LogP contribution in [-0.2, 0) is 0 Å². The number of hydrogen-bond acceptors (Lipinski definition) is 3. The van der Waals surface area contributed by atoms with Crippen LogP contribution < -0.4 is 10.1 Å². The van der Waals surface area contributed by atoms with Gasteiger partial charge in [0.05, 0.1) is 13.2 Å². The maximum atomic E-state index is 9.92. The number of ether oxygens (including phenoxy) is 1. The van der Waals surface area contributed by atoms with Gasteiger partial charge in [-0.15, -0.1) is 0 Å². The van der Waals surface area contributed by atoms with Crippen molar-refractivity contribution >= 4 is 0 Å². The summed E-state index contributed by atoms with van der Waals surface area (Å²) >= 11 is 0. The van der Waals surface area contributed by atoms with Crippen LogP contribution in [0.4, 0.5) is 0 Å². The van der Waals surface area contributed by atoms with E-state index in [1.807, 2.05) is 18.2 Å². The lowest BCUT2D eigenvalue weighted by molar-refractivity contribution is 0.178. The molecule has 1 aliphatic rings. The fourth-order valence-corrected chi connectivity index (χ4v) is 2.07. The largest absolute Gasteiger partial charge is 0.497 e. The monoisotopic (exact) mass is 207 g/mol. The van der Waals surface area contributed by atoms with E-state index in [-0.39, 0.29) is 0 Å². The number of aliphatic hydroxyl groups is 1. The third kappa shape index (κ3) is 1.98. The number of aliphatic hydroxyl groups excluding tert-OH is 1. The second-order valence-corrected chi connectivity index (χ2v) is 4.07. The normalized spacial score (nSPS) is 25.5. The average Bonchev–Trinajstić information content (AvgIpc) is 2.40. The highest BCUT2D eigenvalue weighted by molar-refractivity contribution is 5.40. The van der Waals surface area contributed by atoms with Crippen LogP contribution in [0, 0.1) is 0 Å². The maximum absolute atomic E-state index is 9.92. The Morgan fingerprint density at radius 1 is 1.33 bits per heavy atom. The van der Waals surface area contributed by atoms with Crippen LogP contribution >= 0.6 is 0 Å². The van der Waals surface area contributed by atoms with E-state index in [9.17, 15) is 5.11 Å². The van der Waals surface area contributed by atoms with Crippen LogP contribution in [0.3, 0.4) is 0 Å². The number of hydrogen-bond donors (Lipinski definition) is 2. The van der Waals surface area contributed by atoms with E-state index in [0.717, 1.165) is 17.9 Å². The van der Waals surface area contributed by atoms with Crippen molar-refractivity contribution in [2.45, 2.75) is 18.9 Å². The quantitative estimate of drug-likeness (QED) is 0.732. The summed E-state index contributed by atoms with van der Waals surface area (Å²) in [5.41, 5.74) is 2.21. The summed E-state index contributed by atoms with van der Waals surface area (Å²) in [5.74, 6) is 1.27. The minimum Gasteiger partial charge on any atom is -0.497 e. The molecule has 0 saturated carbocycles. The number of methoxy groups -OCH3 is 1. The van der Waals surface area contributed by atoms with E-state index in [1.165, 1.54) is 5.56 Å². The van der Waals surface area contributed by atoms with Crippen LogP contribution in [0.15, 0.2) is 18.2 Å². The molecule has 0 amide bonds. The summed E-state index contributed by atoms with van der Waals surface area (Å²) in [5, 5.41) is 13.2. The molecule has 15 heavy (non-hydrogen) atoms. The first-order valence-electron chi connectivity index (χ1n) is 5.29. The number of β-amino-alcohol motifs (C(OH)–C–C–N with tert-alkyl or cyclic N) is 1. The molecule has 0 spiro atoms. The smallest absolute Gasteiger partial charge is 0.119 e. The molecule has 3 heteroatoms. The Kier molecular flexibility index (Phi) is 2.93. The molecule has 0 aliphatic carbocycles. The lowest BCUT2D eigenvalue weighted by Crippen LogP contribution is -2.21. The molecule has 1 aliphatic heterocycles. The average molecular weight is 207 g/mol.